The van der Waals surface area contributed by atoms with E-state index in [2.05, 4.69) is 0 Å². The van der Waals surface area contributed by atoms with Gasteiger partial charge in [0.2, 0.25) is 0 Å². The summed E-state index contributed by atoms with van der Waals surface area (Å²) in [4.78, 5) is 0. The number of phenols is 1. The summed E-state index contributed by atoms with van der Waals surface area (Å²) in [7, 11) is 6.34. The number of phenolic OH excluding ortho intramolecular Hbond substituents is 1. The molecule has 140 valence electrons. The zero-order valence-corrected chi connectivity index (χ0v) is 15.8. The van der Waals surface area contributed by atoms with E-state index in [1.165, 1.54) is 7.11 Å². The second-order valence-electron chi connectivity index (χ2n) is 5.84. The van der Waals surface area contributed by atoms with E-state index in [1.54, 1.807) is 21.3 Å². The lowest BCUT2D eigenvalue weighted by Crippen LogP contribution is -1.96. The maximum Gasteiger partial charge on any atom is 0.170 e. The van der Waals surface area contributed by atoms with E-state index < -0.39 is 0 Å². The van der Waals surface area contributed by atoms with Crippen LogP contribution in [-0.4, -0.2) is 33.5 Å². The Hall–Kier alpha value is -3.34. The van der Waals surface area contributed by atoms with Crippen LogP contribution in [0.4, 0.5) is 0 Å². The maximum absolute atomic E-state index is 11.0. The number of benzene rings is 3. The van der Waals surface area contributed by atoms with Gasteiger partial charge >= 0.3 is 0 Å². The highest BCUT2D eigenvalue weighted by atomic mass is 16.5. The monoisotopic (exact) mass is 366 g/mol. The highest BCUT2D eigenvalue weighted by molar-refractivity contribution is 5.87. The SMILES string of the molecule is COc1ccc(-c2cc(OC)c(-c3ccc(OC)cc3)c(O)c2OC)cc1. The zero-order chi connectivity index (χ0) is 19.4. The highest BCUT2D eigenvalue weighted by Crippen LogP contribution is 2.49. The normalized spacial score (nSPS) is 10.4. The molecule has 3 aromatic carbocycles. The van der Waals surface area contributed by atoms with E-state index in [0.29, 0.717) is 17.1 Å². The number of methoxy groups -OCH3 is 4. The summed E-state index contributed by atoms with van der Waals surface area (Å²) < 4.78 is 21.5. The Morgan fingerprint density at radius 3 is 1.59 bits per heavy atom. The standard InChI is InChI=1S/C22H22O5/c1-24-16-9-5-14(6-10-16)18-13-19(26-3)20(21(23)22(18)27-4)15-7-11-17(25-2)12-8-15/h5-13,23H,1-4H3. The molecular formula is C22H22O5. The van der Waals surface area contributed by atoms with Gasteiger partial charge in [-0.15, -0.1) is 0 Å². The molecule has 5 heteroatoms. The second kappa shape index (κ2) is 7.91. The summed E-state index contributed by atoms with van der Waals surface area (Å²) in [5.74, 6) is 2.44. The van der Waals surface area contributed by atoms with Crippen molar-refractivity contribution >= 4 is 0 Å². The molecule has 0 atom stereocenters. The minimum absolute atomic E-state index is 0.0211. The van der Waals surface area contributed by atoms with Gasteiger partial charge in [-0.2, -0.15) is 0 Å². The molecule has 1 N–H and O–H groups in total. The van der Waals surface area contributed by atoms with E-state index in [-0.39, 0.29) is 5.75 Å². The number of aromatic hydroxyl groups is 1. The first-order chi connectivity index (χ1) is 13.1. The van der Waals surface area contributed by atoms with Crippen molar-refractivity contribution in [2.24, 2.45) is 0 Å². The molecule has 0 saturated heterocycles. The minimum Gasteiger partial charge on any atom is -0.504 e. The Morgan fingerprint density at radius 2 is 1.15 bits per heavy atom. The van der Waals surface area contributed by atoms with Crippen molar-refractivity contribution in [3.63, 3.8) is 0 Å². The maximum atomic E-state index is 11.0. The van der Waals surface area contributed by atoms with Crippen LogP contribution in [0, 0.1) is 0 Å². The largest absolute Gasteiger partial charge is 0.504 e. The molecule has 3 rings (SSSR count). The Morgan fingerprint density at radius 1 is 0.630 bits per heavy atom. The summed E-state index contributed by atoms with van der Waals surface area (Å²) >= 11 is 0. The first-order valence-electron chi connectivity index (χ1n) is 8.39. The number of hydrogen-bond donors (Lipinski definition) is 1. The Bertz CT molecular complexity index is 915. The summed E-state index contributed by atoms with van der Waals surface area (Å²) in [5.41, 5.74) is 2.97. The number of ether oxygens (including phenoxy) is 4. The molecule has 3 aromatic rings. The van der Waals surface area contributed by atoms with E-state index in [4.69, 9.17) is 18.9 Å². The minimum atomic E-state index is 0.0211. The lowest BCUT2D eigenvalue weighted by Gasteiger charge is -2.18. The first-order valence-corrected chi connectivity index (χ1v) is 8.39. The van der Waals surface area contributed by atoms with Gasteiger partial charge in [-0.1, -0.05) is 24.3 Å². The summed E-state index contributed by atoms with van der Waals surface area (Å²) in [6.45, 7) is 0. The predicted octanol–water partition coefficient (Wildman–Crippen LogP) is 4.76. The van der Waals surface area contributed by atoms with Crippen LogP contribution in [0.5, 0.6) is 28.7 Å². The molecule has 5 nitrogen and oxygen atoms in total. The van der Waals surface area contributed by atoms with Crippen LogP contribution in [0.25, 0.3) is 22.3 Å². The molecule has 0 radical (unpaired) electrons. The van der Waals surface area contributed by atoms with Crippen molar-refractivity contribution in [2.45, 2.75) is 0 Å². The van der Waals surface area contributed by atoms with Crippen LogP contribution in [0.15, 0.2) is 54.6 Å². The fourth-order valence-corrected chi connectivity index (χ4v) is 3.02. The molecule has 0 unspecified atom stereocenters. The quantitative estimate of drug-likeness (QED) is 0.682. The van der Waals surface area contributed by atoms with Gasteiger partial charge in [-0.25, -0.2) is 0 Å². The summed E-state index contributed by atoms with van der Waals surface area (Å²) in [5, 5.41) is 11.0. The van der Waals surface area contributed by atoms with Gasteiger partial charge < -0.3 is 24.1 Å². The van der Waals surface area contributed by atoms with E-state index in [0.717, 1.165) is 28.2 Å². The molecule has 0 spiro atoms. The van der Waals surface area contributed by atoms with Crippen LogP contribution in [0.3, 0.4) is 0 Å². The lowest BCUT2D eigenvalue weighted by atomic mass is 9.96. The smallest absolute Gasteiger partial charge is 0.170 e. The molecule has 0 aliphatic rings. The van der Waals surface area contributed by atoms with Crippen LogP contribution in [-0.2, 0) is 0 Å². The van der Waals surface area contributed by atoms with Gasteiger partial charge in [0.15, 0.2) is 11.5 Å². The molecular weight excluding hydrogens is 344 g/mol. The van der Waals surface area contributed by atoms with Crippen LogP contribution in [0.2, 0.25) is 0 Å². The van der Waals surface area contributed by atoms with E-state index in [9.17, 15) is 5.11 Å². The number of hydrogen-bond acceptors (Lipinski definition) is 5. The molecule has 0 aromatic heterocycles. The molecule has 0 saturated carbocycles. The molecule has 0 aliphatic heterocycles. The molecule has 0 fully saturated rings. The van der Waals surface area contributed by atoms with Crippen molar-refractivity contribution in [3.05, 3.63) is 54.6 Å². The Labute approximate surface area is 158 Å². The van der Waals surface area contributed by atoms with Gasteiger partial charge in [0.05, 0.1) is 34.0 Å². The summed E-state index contributed by atoms with van der Waals surface area (Å²) in [6, 6.07) is 16.8. The third-order valence-electron chi connectivity index (χ3n) is 4.42. The average Bonchev–Trinajstić information content (AvgIpc) is 2.73. The van der Waals surface area contributed by atoms with Gasteiger partial charge in [0.25, 0.3) is 0 Å². The number of rotatable bonds is 6. The lowest BCUT2D eigenvalue weighted by molar-refractivity contribution is 0.369. The second-order valence-corrected chi connectivity index (χ2v) is 5.84. The third-order valence-corrected chi connectivity index (χ3v) is 4.42. The van der Waals surface area contributed by atoms with E-state index in [1.807, 2.05) is 54.6 Å². The molecule has 0 bridgehead atoms. The van der Waals surface area contributed by atoms with Crippen molar-refractivity contribution in [1.29, 1.82) is 0 Å². The fraction of sp³-hybridized carbons (Fsp3) is 0.182. The fourth-order valence-electron chi connectivity index (χ4n) is 3.02. The third kappa shape index (κ3) is 3.49. The predicted molar refractivity (Wildman–Crippen MR) is 105 cm³/mol. The van der Waals surface area contributed by atoms with E-state index >= 15 is 0 Å². The highest BCUT2D eigenvalue weighted by Gasteiger charge is 2.21. The Balaban J connectivity index is 2.18. The zero-order valence-electron chi connectivity index (χ0n) is 15.8. The van der Waals surface area contributed by atoms with Gasteiger partial charge in [-0.05, 0) is 41.5 Å². The van der Waals surface area contributed by atoms with Crippen molar-refractivity contribution < 1.29 is 24.1 Å². The van der Waals surface area contributed by atoms with Gasteiger partial charge in [-0.3, -0.25) is 0 Å². The molecule has 0 amide bonds. The van der Waals surface area contributed by atoms with Crippen LogP contribution in [0.1, 0.15) is 0 Å². The molecule has 0 aliphatic carbocycles. The summed E-state index contributed by atoms with van der Waals surface area (Å²) in [6.07, 6.45) is 0. The molecule has 27 heavy (non-hydrogen) atoms. The molecule has 0 heterocycles. The first kappa shape index (κ1) is 18.5. The van der Waals surface area contributed by atoms with Crippen LogP contribution >= 0.6 is 0 Å². The van der Waals surface area contributed by atoms with Crippen LogP contribution < -0.4 is 18.9 Å². The average molecular weight is 366 g/mol. The topological polar surface area (TPSA) is 57.2 Å². The Kier molecular flexibility index (Phi) is 5.41. The van der Waals surface area contributed by atoms with Gasteiger partial charge in [0, 0.05) is 5.56 Å². The van der Waals surface area contributed by atoms with Crippen molar-refractivity contribution in [2.75, 3.05) is 28.4 Å². The van der Waals surface area contributed by atoms with Crippen molar-refractivity contribution in [3.8, 4) is 51.0 Å². The van der Waals surface area contributed by atoms with Gasteiger partial charge in [0.1, 0.15) is 17.2 Å². The van der Waals surface area contributed by atoms with Crippen molar-refractivity contribution in [1.82, 2.24) is 0 Å².